The molecule has 1 aliphatic heterocycles. The Hall–Kier alpha value is -0.160. The first-order valence-corrected chi connectivity index (χ1v) is 6.71. The second kappa shape index (κ2) is 8.86. The molecule has 1 saturated heterocycles. The van der Waals surface area contributed by atoms with E-state index in [4.69, 9.17) is 9.47 Å². The Morgan fingerprint density at radius 1 is 1.29 bits per heavy atom. The molecular weight excluding hydrogens is 216 g/mol. The number of ether oxygens (including phenoxy) is 2. The third-order valence-electron chi connectivity index (χ3n) is 3.54. The predicted octanol–water partition coefficient (Wildman–Crippen LogP) is 0.969. The molecule has 1 N–H and O–H groups in total. The molecule has 17 heavy (non-hydrogen) atoms. The third-order valence-corrected chi connectivity index (χ3v) is 3.54. The van der Waals surface area contributed by atoms with Gasteiger partial charge in [0.05, 0.1) is 12.7 Å². The molecule has 4 nitrogen and oxygen atoms in total. The molecule has 0 spiro atoms. The molecule has 0 aliphatic carbocycles. The van der Waals surface area contributed by atoms with Crippen LogP contribution in [0.15, 0.2) is 0 Å². The molecule has 1 rings (SSSR count). The van der Waals surface area contributed by atoms with E-state index in [-0.39, 0.29) is 0 Å². The van der Waals surface area contributed by atoms with Crippen molar-refractivity contribution < 1.29 is 9.47 Å². The number of likely N-dealkylation sites (tertiary alicyclic amines) is 1. The fraction of sp³-hybridized carbons (Fsp3) is 1.00. The number of hydrogen-bond acceptors (Lipinski definition) is 4. The highest BCUT2D eigenvalue weighted by Crippen LogP contribution is 2.16. The van der Waals surface area contributed by atoms with Crippen LogP contribution < -0.4 is 5.32 Å². The summed E-state index contributed by atoms with van der Waals surface area (Å²) in [5.41, 5.74) is 0. The minimum absolute atomic E-state index is 0.353. The van der Waals surface area contributed by atoms with Gasteiger partial charge in [-0.1, -0.05) is 0 Å². The van der Waals surface area contributed by atoms with Crippen molar-refractivity contribution in [1.29, 1.82) is 0 Å². The first kappa shape index (κ1) is 14.9. The predicted molar refractivity (Wildman–Crippen MR) is 70.4 cm³/mol. The van der Waals surface area contributed by atoms with Gasteiger partial charge in [-0.25, -0.2) is 0 Å². The largest absolute Gasteiger partial charge is 0.383 e. The molecule has 1 unspecified atom stereocenters. The van der Waals surface area contributed by atoms with Crippen LogP contribution >= 0.6 is 0 Å². The molecule has 0 aromatic carbocycles. The van der Waals surface area contributed by atoms with Crippen molar-refractivity contribution in [3.63, 3.8) is 0 Å². The fourth-order valence-corrected chi connectivity index (χ4v) is 2.29. The molecule has 0 amide bonds. The second-order valence-electron chi connectivity index (χ2n) is 4.99. The van der Waals surface area contributed by atoms with Crippen LogP contribution in [0.1, 0.15) is 19.8 Å². The SMILES string of the molecule is COCCNCC1CCN(CC(C)OC)CC1. The van der Waals surface area contributed by atoms with E-state index < -0.39 is 0 Å². The maximum Gasteiger partial charge on any atom is 0.0670 e. The summed E-state index contributed by atoms with van der Waals surface area (Å²) in [6.07, 6.45) is 2.96. The molecular formula is C13H28N2O2. The van der Waals surface area contributed by atoms with Crippen LogP contribution in [0.25, 0.3) is 0 Å². The molecule has 0 bridgehead atoms. The van der Waals surface area contributed by atoms with E-state index in [0.29, 0.717) is 6.10 Å². The molecule has 0 aromatic heterocycles. The first-order valence-electron chi connectivity index (χ1n) is 6.71. The van der Waals surface area contributed by atoms with Gasteiger partial charge >= 0.3 is 0 Å². The number of nitrogens with one attached hydrogen (secondary N) is 1. The topological polar surface area (TPSA) is 33.7 Å². The molecule has 0 aromatic rings. The zero-order valence-electron chi connectivity index (χ0n) is 11.6. The lowest BCUT2D eigenvalue weighted by atomic mass is 9.96. The quantitative estimate of drug-likeness (QED) is 0.645. The highest BCUT2D eigenvalue weighted by Gasteiger charge is 2.19. The smallest absolute Gasteiger partial charge is 0.0670 e. The van der Waals surface area contributed by atoms with Gasteiger partial charge in [0.25, 0.3) is 0 Å². The molecule has 0 radical (unpaired) electrons. The highest BCUT2D eigenvalue weighted by molar-refractivity contribution is 4.75. The van der Waals surface area contributed by atoms with Crippen molar-refractivity contribution in [2.24, 2.45) is 5.92 Å². The molecule has 0 saturated carbocycles. The first-order chi connectivity index (χ1) is 8.26. The minimum atomic E-state index is 0.353. The Bertz CT molecular complexity index is 182. The zero-order chi connectivity index (χ0) is 12.5. The maximum atomic E-state index is 5.30. The van der Waals surface area contributed by atoms with Gasteiger partial charge in [-0.2, -0.15) is 0 Å². The molecule has 1 aliphatic rings. The molecule has 102 valence electrons. The lowest BCUT2D eigenvalue weighted by Gasteiger charge is -2.33. The van der Waals surface area contributed by atoms with Gasteiger partial charge in [0, 0.05) is 27.3 Å². The maximum absolute atomic E-state index is 5.30. The molecule has 1 heterocycles. The van der Waals surface area contributed by atoms with Gasteiger partial charge in [0.1, 0.15) is 0 Å². The number of rotatable bonds is 8. The summed E-state index contributed by atoms with van der Waals surface area (Å²) in [5, 5.41) is 3.45. The Balaban J connectivity index is 2.05. The molecule has 4 heteroatoms. The fourth-order valence-electron chi connectivity index (χ4n) is 2.29. The summed E-state index contributed by atoms with van der Waals surface area (Å²) in [6.45, 7) is 8.55. The van der Waals surface area contributed by atoms with E-state index >= 15 is 0 Å². The van der Waals surface area contributed by atoms with Crippen LogP contribution in [-0.4, -0.2) is 64.6 Å². The van der Waals surface area contributed by atoms with Gasteiger partial charge in [-0.15, -0.1) is 0 Å². The Morgan fingerprint density at radius 3 is 2.59 bits per heavy atom. The summed E-state index contributed by atoms with van der Waals surface area (Å²) >= 11 is 0. The van der Waals surface area contributed by atoms with Crippen molar-refractivity contribution >= 4 is 0 Å². The Morgan fingerprint density at radius 2 is 2.00 bits per heavy atom. The van der Waals surface area contributed by atoms with Crippen molar-refractivity contribution in [2.45, 2.75) is 25.9 Å². The van der Waals surface area contributed by atoms with Gasteiger partial charge in [0.2, 0.25) is 0 Å². The average Bonchev–Trinajstić information content (AvgIpc) is 2.36. The van der Waals surface area contributed by atoms with E-state index in [1.165, 1.54) is 25.9 Å². The summed E-state index contributed by atoms with van der Waals surface area (Å²) in [7, 11) is 3.54. The normalized spacial score (nSPS) is 20.6. The summed E-state index contributed by atoms with van der Waals surface area (Å²) < 4.78 is 10.3. The molecule has 1 atom stereocenters. The van der Waals surface area contributed by atoms with Crippen LogP contribution in [0.2, 0.25) is 0 Å². The van der Waals surface area contributed by atoms with Crippen LogP contribution in [-0.2, 0) is 9.47 Å². The monoisotopic (exact) mass is 244 g/mol. The van der Waals surface area contributed by atoms with Crippen molar-refractivity contribution in [2.75, 3.05) is 53.6 Å². The number of piperidine rings is 1. The van der Waals surface area contributed by atoms with Gasteiger partial charge < -0.3 is 19.7 Å². The molecule has 1 fully saturated rings. The van der Waals surface area contributed by atoms with Gasteiger partial charge in [-0.3, -0.25) is 0 Å². The van der Waals surface area contributed by atoms with E-state index in [9.17, 15) is 0 Å². The average molecular weight is 244 g/mol. The Labute approximate surface area is 106 Å². The summed E-state index contributed by atoms with van der Waals surface area (Å²) in [5.74, 6) is 0.834. The third kappa shape index (κ3) is 6.36. The summed E-state index contributed by atoms with van der Waals surface area (Å²) in [6, 6.07) is 0. The van der Waals surface area contributed by atoms with Gasteiger partial charge in [-0.05, 0) is 45.3 Å². The van der Waals surface area contributed by atoms with Gasteiger partial charge in [0.15, 0.2) is 0 Å². The highest BCUT2D eigenvalue weighted by atomic mass is 16.5. The van der Waals surface area contributed by atoms with E-state index in [2.05, 4.69) is 17.1 Å². The van der Waals surface area contributed by atoms with E-state index in [0.717, 1.165) is 32.2 Å². The van der Waals surface area contributed by atoms with E-state index in [1.807, 2.05) is 0 Å². The van der Waals surface area contributed by atoms with E-state index in [1.54, 1.807) is 14.2 Å². The number of methoxy groups -OCH3 is 2. The number of hydrogen-bond donors (Lipinski definition) is 1. The van der Waals surface area contributed by atoms with Crippen molar-refractivity contribution in [3.05, 3.63) is 0 Å². The lowest BCUT2D eigenvalue weighted by Crippen LogP contribution is -2.41. The van der Waals surface area contributed by atoms with Crippen LogP contribution in [0.4, 0.5) is 0 Å². The van der Waals surface area contributed by atoms with Crippen molar-refractivity contribution in [1.82, 2.24) is 10.2 Å². The number of nitrogens with zero attached hydrogens (tertiary/aromatic N) is 1. The van der Waals surface area contributed by atoms with Crippen LogP contribution in [0.3, 0.4) is 0 Å². The standard InChI is InChI=1S/C13H28N2O2/c1-12(17-3)11-15-7-4-13(5-8-15)10-14-6-9-16-2/h12-14H,4-11H2,1-3H3. The Kier molecular flexibility index (Phi) is 7.77. The summed E-state index contributed by atoms with van der Waals surface area (Å²) in [4.78, 5) is 2.51. The lowest BCUT2D eigenvalue weighted by molar-refractivity contribution is 0.0624. The van der Waals surface area contributed by atoms with Crippen LogP contribution in [0.5, 0.6) is 0 Å². The minimum Gasteiger partial charge on any atom is -0.383 e. The zero-order valence-corrected chi connectivity index (χ0v) is 11.6. The second-order valence-corrected chi connectivity index (χ2v) is 4.99. The van der Waals surface area contributed by atoms with Crippen LogP contribution in [0, 0.1) is 5.92 Å². The van der Waals surface area contributed by atoms with Crippen molar-refractivity contribution in [3.8, 4) is 0 Å².